The first-order valence-electron chi connectivity index (χ1n) is 8.22. The lowest BCUT2D eigenvalue weighted by Gasteiger charge is -2.27. The molecule has 4 atom stereocenters. The van der Waals surface area contributed by atoms with Crippen LogP contribution in [0, 0.1) is 17.8 Å². The van der Waals surface area contributed by atoms with Crippen LogP contribution >= 0.6 is 11.6 Å². The van der Waals surface area contributed by atoms with E-state index in [1.807, 2.05) is 12.1 Å². The zero-order valence-electron chi connectivity index (χ0n) is 12.4. The molecule has 2 aliphatic carbocycles. The highest BCUT2D eigenvalue weighted by atomic mass is 35.5. The molecule has 20 heavy (non-hydrogen) atoms. The third-order valence-corrected chi connectivity index (χ3v) is 5.61. The van der Waals surface area contributed by atoms with Crippen LogP contribution in [0.5, 0.6) is 0 Å². The van der Waals surface area contributed by atoms with E-state index >= 15 is 0 Å². The Hall–Kier alpha value is -0.530. The number of nitrogens with one attached hydrogen (secondary N) is 1. The van der Waals surface area contributed by atoms with E-state index in [1.54, 1.807) is 0 Å². The minimum atomic E-state index is 0.630. The van der Waals surface area contributed by atoms with Crippen LogP contribution in [0.25, 0.3) is 0 Å². The van der Waals surface area contributed by atoms with Crippen molar-refractivity contribution in [2.24, 2.45) is 17.8 Å². The molecule has 1 aromatic carbocycles. The van der Waals surface area contributed by atoms with Gasteiger partial charge >= 0.3 is 0 Å². The summed E-state index contributed by atoms with van der Waals surface area (Å²) in [5, 5.41) is 4.53. The van der Waals surface area contributed by atoms with Gasteiger partial charge in [0.1, 0.15) is 0 Å². The van der Waals surface area contributed by atoms with Crippen molar-refractivity contribution >= 4 is 11.6 Å². The van der Waals surface area contributed by atoms with Gasteiger partial charge in [-0.05, 0) is 74.1 Å². The highest BCUT2D eigenvalue weighted by Crippen LogP contribution is 2.49. The van der Waals surface area contributed by atoms with E-state index in [-0.39, 0.29) is 0 Å². The standard InChI is InChI=1S/C18H26ClN/c1-2-20-18(11-13-4-7-17(19)8-5-13)12-16-10-14-3-6-15(16)9-14/h4-5,7-8,14-16,18,20H,2-3,6,9-12H2,1H3. The molecule has 0 spiro atoms. The van der Waals surface area contributed by atoms with Gasteiger partial charge in [0.2, 0.25) is 0 Å². The third kappa shape index (κ3) is 3.38. The van der Waals surface area contributed by atoms with E-state index in [1.165, 1.54) is 37.7 Å². The highest BCUT2D eigenvalue weighted by molar-refractivity contribution is 6.30. The van der Waals surface area contributed by atoms with Crippen molar-refractivity contribution < 1.29 is 0 Å². The van der Waals surface area contributed by atoms with Gasteiger partial charge in [-0.3, -0.25) is 0 Å². The number of hydrogen-bond acceptors (Lipinski definition) is 1. The molecule has 2 aliphatic rings. The van der Waals surface area contributed by atoms with Gasteiger partial charge in [0.25, 0.3) is 0 Å². The zero-order chi connectivity index (χ0) is 13.9. The van der Waals surface area contributed by atoms with Gasteiger partial charge in [0, 0.05) is 11.1 Å². The number of hydrogen-bond donors (Lipinski definition) is 1. The van der Waals surface area contributed by atoms with Crippen molar-refractivity contribution in [1.29, 1.82) is 0 Å². The molecular formula is C18H26ClN. The summed E-state index contributed by atoms with van der Waals surface area (Å²) in [7, 11) is 0. The van der Waals surface area contributed by atoms with Gasteiger partial charge in [-0.1, -0.05) is 37.1 Å². The Labute approximate surface area is 128 Å². The molecule has 4 unspecified atom stereocenters. The summed E-state index contributed by atoms with van der Waals surface area (Å²) in [5.41, 5.74) is 1.41. The van der Waals surface area contributed by atoms with Crippen LogP contribution in [-0.2, 0) is 6.42 Å². The topological polar surface area (TPSA) is 12.0 Å². The summed E-state index contributed by atoms with van der Waals surface area (Å²) in [4.78, 5) is 0. The molecule has 3 rings (SSSR count). The Bertz CT molecular complexity index is 428. The molecule has 1 N–H and O–H groups in total. The van der Waals surface area contributed by atoms with Gasteiger partial charge < -0.3 is 5.32 Å². The normalized spacial score (nSPS) is 29.8. The van der Waals surface area contributed by atoms with Crippen LogP contribution in [0.4, 0.5) is 0 Å². The molecule has 2 heteroatoms. The Morgan fingerprint density at radius 3 is 2.60 bits per heavy atom. The largest absolute Gasteiger partial charge is 0.314 e. The number of benzene rings is 1. The molecule has 2 saturated carbocycles. The SMILES string of the molecule is CCNC(Cc1ccc(Cl)cc1)CC1CC2CCC1C2. The van der Waals surface area contributed by atoms with Crippen LogP contribution in [-0.4, -0.2) is 12.6 Å². The van der Waals surface area contributed by atoms with Crippen LogP contribution in [0.3, 0.4) is 0 Å². The van der Waals surface area contributed by atoms with E-state index in [0.29, 0.717) is 6.04 Å². The fourth-order valence-corrected chi connectivity index (χ4v) is 4.59. The van der Waals surface area contributed by atoms with Gasteiger partial charge in [-0.25, -0.2) is 0 Å². The second-order valence-corrected chi connectivity index (χ2v) is 7.19. The summed E-state index contributed by atoms with van der Waals surface area (Å²) in [5.74, 6) is 3.07. The molecule has 1 aromatic rings. The third-order valence-electron chi connectivity index (χ3n) is 5.36. The Kier molecular flexibility index (Phi) is 4.68. The van der Waals surface area contributed by atoms with E-state index in [0.717, 1.165) is 35.7 Å². The maximum absolute atomic E-state index is 5.97. The molecule has 0 aromatic heterocycles. The summed E-state index contributed by atoms with van der Waals surface area (Å²) >= 11 is 5.97. The van der Waals surface area contributed by atoms with E-state index in [4.69, 9.17) is 11.6 Å². The fourth-order valence-electron chi connectivity index (χ4n) is 4.46. The van der Waals surface area contributed by atoms with Gasteiger partial charge in [-0.2, -0.15) is 0 Å². The van der Waals surface area contributed by atoms with Crippen molar-refractivity contribution in [3.05, 3.63) is 34.9 Å². The first-order chi connectivity index (χ1) is 9.74. The molecule has 0 aliphatic heterocycles. The lowest BCUT2D eigenvalue weighted by molar-refractivity contribution is 0.278. The Morgan fingerprint density at radius 2 is 2.00 bits per heavy atom. The van der Waals surface area contributed by atoms with Gasteiger partial charge in [-0.15, -0.1) is 0 Å². The van der Waals surface area contributed by atoms with E-state index < -0.39 is 0 Å². The first-order valence-corrected chi connectivity index (χ1v) is 8.60. The second kappa shape index (κ2) is 6.49. The van der Waals surface area contributed by atoms with Gasteiger partial charge in [0.05, 0.1) is 0 Å². The Balaban J connectivity index is 1.59. The van der Waals surface area contributed by atoms with Crippen molar-refractivity contribution in [3.8, 4) is 0 Å². The molecule has 1 nitrogen and oxygen atoms in total. The molecule has 0 saturated heterocycles. The molecule has 0 amide bonds. The first kappa shape index (κ1) is 14.4. The second-order valence-electron chi connectivity index (χ2n) is 6.76. The van der Waals surface area contributed by atoms with Crippen molar-refractivity contribution in [1.82, 2.24) is 5.32 Å². The summed E-state index contributed by atoms with van der Waals surface area (Å²) in [6.45, 7) is 3.29. The molecule has 2 bridgehead atoms. The number of rotatable bonds is 6. The van der Waals surface area contributed by atoms with Crippen LogP contribution in [0.15, 0.2) is 24.3 Å². The molecule has 110 valence electrons. The maximum Gasteiger partial charge on any atom is 0.0406 e. The monoisotopic (exact) mass is 291 g/mol. The van der Waals surface area contributed by atoms with Crippen LogP contribution in [0.2, 0.25) is 5.02 Å². The average Bonchev–Trinajstić information content (AvgIpc) is 3.04. The zero-order valence-corrected chi connectivity index (χ0v) is 13.2. The van der Waals surface area contributed by atoms with E-state index in [9.17, 15) is 0 Å². The summed E-state index contributed by atoms with van der Waals surface area (Å²) in [6, 6.07) is 9.00. The predicted octanol–water partition coefficient (Wildman–Crippen LogP) is 4.69. The molecule has 0 heterocycles. The van der Waals surface area contributed by atoms with Crippen molar-refractivity contribution in [2.45, 2.75) is 51.5 Å². The number of fused-ring (bicyclic) bond motifs is 2. The van der Waals surface area contributed by atoms with Crippen molar-refractivity contribution in [3.63, 3.8) is 0 Å². The number of likely N-dealkylation sites (N-methyl/N-ethyl adjacent to an activating group) is 1. The summed E-state index contributed by atoms with van der Waals surface area (Å²) in [6.07, 6.45) is 8.51. The highest BCUT2D eigenvalue weighted by Gasteiger charge is 2.39. The number of halogens is 1. The molecule has 2 fully saturated rings. The summed E-state index contributed by atoms with van der Waals surface area (Å²) < 4.78 is 0. The minimum absolute atomic E-state index is 0.630. The van der Waals surface area contributed by atoms with E-state index in [2.05, 4.69) is 24.4 Å². The lowest BCUT2D eigenvalue weighted by atomic mass is 9.83. The van der Waals surface area contributed by atoms with Crippen molar-refractivity contribution in [2.75, 3.05) is 6.54 Å². The predicted molar refractivity (Wildman–Crippen MR) is 86.2 cm³/mol. The van der Waals surface area contributed by atoms with Gasteiger partial charge in [0.15, 0.2) is 0 Å². The van der Waals surface area contributed by atoms with Crippen LogP contribution < -0.4 is 5.32 Å². The minimum Gasteiger partial charge on any atom is -0.314 e. The lowest BCUT2D eigenvalue weighted by Crippen LogP contribution is -2.34. The fraction of sp³-hybridized carbons (Fsp3) is 0.667. The quantitative estimate of drug-likeness (QED) is 0.802. The van der Waals surface area contributed by atoms with Crippen LogP contribution in [0.1, 0.15) is 44.6 Å². The maximum atomic E-state index is 5.97. The molecule has 0 radical (unpaired) electrons. The smallest absolute Gasteiger partial charge is 0.0406 e. The molecular weight excluding hydrogens is 266 g/mol. The average molecular weight is 292 g/mol. The Morgan fingerprint density at radius 1 is 1.20 bits per heavy atom.